The summed E-state index contributed by atoms with van der Waals surface area (Å²) in [6.07, 6.45) is 0.00167. The molecule has 0 bridgehead atoms. The van der Waals surface area contributed by atoms with E-state index in [1.54, 1.807) is 36.1 Å². The topological polar surface area (TPSA) is 93.4 Å². The van der Waals surface area contributed by atoms with Gasteiger partial charge in [-0.15, -0.1) is 0 Å². The quantitative estimate of drug-likeness (QED) is 0.754. The van der Waals surface area contributed by atoms with Crippen LogP contribution in [0.4, 0.5) is 0 Å². The van der Waals surface area contributed by atoms with E-state index in [-0.39, 0.29) is 18.7 Å². The molecule has 0 aliphatic carbocycles. The van der Waals surface area contributed by atoms with Crippen LogP contribution in [0.5, 0.6) is 5.75 Å². The van der Waals surface area contributed by atoms with Gasteiger partial charge in [-0.1, -0.05) is 12.1 Å². The number of aryl methyl sites for hydroxylation is 2. The molecule has 0 radical (unpaired) electrons. The van der Waals surface area contributed by atoms with Gasteiger partial charge in [-0.2, -0.15) is 5.10 Å². The predicted octanol–water partition coefficient (Wildman–Crippen LogP) is 2.31. The van der Waals surface area contributed by atoms with E-state index in [9.17, 15) is 14.7 Å². The van der Waals surface area contributed by atoms with Crippen molar-refractivity contribution in [1.82, 2.24) is 15.1 Å². The number of hydrogen-bond acceptors (Lipinski definition) is 4. The second-order valence-electron chi connectivity index (χ2n) is 6.32. The standard InChI is InChI=1S/C19H25N3O4/c1-12-17(13(2)22(3)21-12)11-20-18(23)9-15(10-19(24)25)14-5-7-16(26-4)8-6-14/h5-8,15H,9-11H2,1-4H3,(H,20,23)(H,24,25). The van der Waals surface area contributed by atoms with Crippen LogP contribution in [-0.4, -0.2) is 33.9 Å². The van der Waals surface area contributed by atoms with E-state index >= 15 is 0 Å². The van der Waals surface area contributed by atoms with Gasteiger partial charge in [0.2, 0.25) is 5.91 Å². The molecule has 2 aromatic rings. The molecule has 0 aliphatic rings. The number of hydrogen-bond donors (Lipinski definition) is 2. The maximum Gasteiger partial charge on any atom is 0.303 e. The minimum Gasteiger partial charge on any atom is -0.497 e. The molecule has 1 unspecified atom stereocenters. The Kier molecular flexibility index (Phi) is 6.38. The second-order valence-corrected chi connectivity index (χ2v) is 6.32. The lowest BCUT2D eigenvalue weighted by atomic mass is 9.92. The molecule has 26 heavy (non-hydrogen) atoms. The number of rotatable bonds is 8. The highest BCUT2D eigenvalue weighted by Gasteiger charge is 2.20. The number of ether oxygens (including phenoxy) is 1. The van der Waals surface area contributed by atoms with Crippen molar-refractivity contribution in [2.75, 3.05) is 7.11 Å². The zero-order valence-corrected chi connectivity index (χ0v) is 15.6. The third kappa shape index (κ3) is 4.84. The molecule has 0 saturated carbocycles. The van der Waals surface area contributed by atoms with Crippen LogP contribution in [0, 0.1) is 13.8 Å². The molecule has 2 rings (SSSR count). The Morgan fingerprint density at radius 2 is 1.88 bits per heavy atom. The number of benzene rings is 1. The Labute approximate surface area is 153 Å². The first kappa shape index (κ1) is 19.5. The van der Waals surface area contributed by atoms with Crippen LogP contribution in [-0.2, 0) is 23.2 Å². The van der Waals surface area contributed by atoms with E-state index < -0.39 is 11.9 Å². The molecule has 140 valence electrons. The Bertz CT molecular complexity index is 781. The summed E-state index contributed by atoms with van der Waals surface area (Å²) in [6, 6.07) is 7.14. The van der Waals surface area contributed by atoms with E-state index in [4.69, 9.17) is 4.74 Å². The van der Waals surface area contributed by atoms with Crippen molar-refractivity contribution in [3.63, 3.8) is 0 Å². The lowest BCUT2D eigenvalue weighted by molar-refractivity contribution is -0.137. The summed E-state index contributed by atoms with van der Waals surface area (Å²) in [5.41, 5.74) is 3.67. The first-order valence-electron chi connectivity index (χ1n) is 8.43. The average molecular weight is 359 g/mol. The fraction of sp³-hybridized carbons (Fsp3) is 0.421. The minimum absolute atomic E-state index is 0.106. The third-order valence-corrected chi connectivity index (χ3v) is 4.56. The Balaban J connectivity index is 2.04. The first-order valence-corrected chi connectivity index (χ1v) is 8.43. The first-order chi connectivity index (χ1) is 12.3. The predicted molar refractivity (Wildman–Crippen MR) is 97.1 cm³/mol. The normalized spacial score (nSPS) is 11.8. The summed E-state index contributed by atoms with van der Waals surface area (Å²) >= 11 is 0. The van der Waals surface area contributed by atoms with Gasteiger partial charge in [0.05, 0.1) is 19.2 Å². The van der Waals surface area contributed by atoms with Crippen molar-refractivity contribution in [2.24, 2.45) is 7.05 Å². The van der Waals surface area contributed by atoms with Gasteiger partial charge < -0.3 is 15.2 Å². The fourth-order valence-corrected chi connectivity index (χ4v) is 2.95. The van der Waals surface area contributed by atoms with Crippen molar-refractivity contribution >= 4 is 11.9 Å². The number of nitrogens with zero attached hydrogens (tertiary/aromatic N) is 2. The van der Waals surface area contributed by atoms with Gasteiger partial charge in [-0.25, -0.2) is 0 Å². The van der Waals surface area contributed by atoms with Gasteiger partial charge in [0.15, 0.2) is 0 Å². The van der Waals surface area contributed by atoms with E-state index in [2.05, 4.69) is 10.4 Å². The van der Waals surface area contributed by atoms with Crippen LogP contribution in [0.3, 0.4) is 0 Å². The van der Waals surface area contributed by atoms with Crippen molar-refractivity contribution in [3.05, 3.63) is 46.8 Å². The molecule has 1 aromatic carbocycles. The van der Waals surface area contributed by atoms with Crippen molar-refractivity contribution in [3.8, 4) is 5.75 Å². The number of amides is 1. The monoisotopic (exact) mass is 359 g/mol. The molecule has 1 heterocycles. The molecular weight excluding hydrogens is 334 g/mol. The van der Waals surface area contributed by atoms with Crippen LogP contribution in [0.1, 0.15) is 41.3 Å². The highest BCUT2D eigenvalue weighted by molar-refractivity contribution is 5.78. The minimum atomic E-state index is -0.933. The molecule has 1 aromatic heterocycles. The van der Waals surface area contributed by atoms with E-state index in [1.807, 2.05) is 20.9 Å². The van der Waals surface area contributed by atoms with Crippen molar-refractivity contribution < 1.29 is 19.4 Å². The molecule has 0 aliphatic heterocycles. The van der Waals surface area contributed by atoms with E-state index in [0.29, 0.717) is 12.3 Å². The van der Waals surface area contributed by atoms with Gasteiger partial charge >= 0.3 is 5.97 Å². The van der Waals surface area contributed by atoms with Crippen molar-refractivity contribution in [1.29, 1.82) is 0 Å². The fourth-order valence-electron chi connectivity index (χ4n) is 2.95. The second kappa shape index (κ2) is 8.51. The molecule has 0 spiro atoms. The average Bonchev–Trinajstić information content (AvgIpc) is 2.84. The molecule has 1 atom stereocenters. The summed E-state index contributed by atoms with van der Waals surface area (Å²) in [5, 5.41) is 16.4. The summed E-state index contributed by atoms with van der Waals surface area (Å²) in [5.74, 6) is -0.823. The molecule has 2 N–H and O–H groups in total. The van der Waals surface area contributed by atoms with Gasteiger partial charge in [0.1, 0.15) is 5.75 Å². The van der Waals surface area contributed by atoms with Gasteiger partial charge in [0, 0.05) is 37.2 Å². The molecule has 0 saturated heterocycles. The summed E-state index contributed by atoms with van der Waals surface area (Å²) < 4.78 is 6.90. The maximum absolute atomic E-state index is 12.4. The number of methoxy groups -OCH3 is 1. The number of aliphatic carboxylic acids is 1. The highest BCUT2D eigenvalue weighted by Crippen LogP contribution is 2.25. The number of aromatic nitrogens is 2. The highest BCUT2D eigenvalue weighted by atomic mass is 16.5. The van der Waals surface area contributed by atoms with Gasteiger partial charge in [0.25, 0.3) is 0 Å². The number of carboxylic acid groups (broad SMARTS) is 1. The Hall–Kier alpha value is -2.83. The molecule has 7 heteroatoms. The summed E-state index contributed by atoms with van der Waals surface area (Å²) in [4.78, 5) is 23.6. The molecule has 1 amide bonds. The largest absolute Gasteiger partial charge is 0.497 e. The Morgan fingerprint density at radius 1 is 1.23 bits per heavy atom. The van der Waals surface area contributed by atoms with Crippen LogP contribution in [0.25, 0.3) is 0 Å². The third-order valence-electron chi connectivity index (χ3n) is 4.56. The van der Waals surface area contributed by atoms with Crippen LogP contribution < -0.4 is 10.1 Å². The molecular formula is C19H25N3O4. The number of nitrogens with one attached hydrogen (secondary N) is 1. The molecule has 7 nitrogen and oxygen atoms in total. The number of carbonyl (C=O) groups excluding carboxylic acids is 1. The molecule has 0 fully saturated rings. The van der Waals surface area contributed by atoms with Crippen LogP contribution in [0.15, 0.2) is 24.3 Å². The smallest absolute Gasteiger partial charge is 0.303 e. The van der Waals surface area contributed by atoms with Gasteiger partial charge in [-0.3, -0.25) is 14.3 Å². The lowest BCUT2D eigenvalue weighted by Crippen LogP contribution is -2.26. The maximum atomic E-state index is 12.4. The zero-order valence-electron chi connectivity index (χ0n) is 15.6. The van der Waals surface area contributed by atoms with Crippen molar-refractivity contribution in [2.45, 2.75) is 39.2 Å². The lowest BCUT2D eigenvalue weighted by Gasteiger charge is -2.16. The van der Waals surface area contributed by atoms with Crippen LogP contribution >= 0.6 is 0 Å². The SMILES string of the molecule is COc1ccc(C(CC(=O)O)CC(=O)NCc2c(C)nn(C)c2C)cc1. The zero-order chi connectivity index (χ0) is 19.3. The number of carboxylic acids is 1. The van der Waals surface area contributed by atoms with E-state index in [1.165, 1.54) is 0 Å². The summed E-state index contributed by atoms with van der Waals surface area (Å²) in [6.45, 7) is 4.23. The van der Waals surface area contributed by atoms with Crippen LogP contribution in [0.2, 0.25) is 0 Å². The summed E-state index contributed by atoms with van der Waals surface area (Å²) in [7, 11) is 3.43. The van der Waals surface area contributed by atoms with Gasteiger partial charge in [-0.05, 0) is 31.5 Å². The van der Waals surface area contributed by atoms with E-state index in [0.717, 1.165) is 22.5 Å². The number of carbonyl (C=O) groups is 2. The Morgan fingerprint density at radius 3 is 2.38 bits per heavy atom.